The molecule has 7 aromatic rings. The van der Waals surface area contributed by atoms with Crippen molar-refractivity contribution in [2.75, 3.05) is 10.6 Å². The van der Waals surface area contributed by atoms with E-state index in [9.17, 15) is 9.59 Å². The molecule has 0 saturated carbocycles. The standard InChI is InChI=1S/C52H56N4O4/c1-49(2,3)27-13-23-37(51(7,8)9)39(25-27)55-47(59)35-21-17-31-29-15-19-33(45(53)57)43-34(46(54)58)20-16-30(41(29)43)32-18-22-36(44(35)42(31)32)48(60)56-40-26-28(50(4,5)6)14-24-38(40)52(10,11)12/h13-26H,1-12H3,(H2,53,57)(H2,54,58)(H,55,59)(H,56,60). The highest BCUT2D eigenvalue weighted by Gasteiger charge is 2.29. The summed E-state index contributed by atoms with van der Waals surface area (Å²) >= 11 is 0. The van der Waals surface area contributed by atoms with Crippen molar-refractivity contribution in [3.63, 3.8) is 0 Å². The molecule has 0 aliphatic carbocycles. The summed E-state index contributed by atoms with van der Waals surface area (Å²) in [4.78, 5) is 55.6. The van der Waals surface area contributed by atoms with Crippen LogP contribution in [0.5, 0.6) is 0 Å². The molecule has 8 nitrogen and oxygen atoms in total. The van der Waals surface area contributed by atoms with Crippen LogP contribution in [0.2, 0.25) is 0 Å². The van der Waals surface area contributed by atoms with Crippen LogP contribution in [0.1, 0.15) is 147 Å². The van der Waals surface area contributed by atoms with Crippen molar-refractivity contribution in [3.8, 4) is 0 Å². The van der Waals surface area contributed by atoms with Crippen molar-refractivity contribution in [2.45, 2.75) is 105 Å². The van der Waals surface area contributed by atoms with E-state index in [4.69, 9.17) is 11.5 Å². The monoisotopic (exact) mass is 800 g/mol. The smallest absolute Gasteiger partial charge is 0.256 e. The van der Waals surface area contributed by atoms with Crippen molar-refractivity contribution in [3.05, 3.63) is 129 Å². The average Bonchev–Trinajstić information content (AvgIpc) is 3.14. The second kappa shape index (κ2) is 14.2. The highest BCUT2D eigenvalue weighted by Crippen LogP contribution is 2.45. The highest BCUT2D eigenvalue weighted by atomic mass is 16.2. The lowest BCUT2D eigenvalue weighted by Crippen LogP contribution is -2.22. The zero-order valence-electron chi connectivity index (χ0n) is 36.9. The zero-order chi connectivity index (χ0) is 44.0. The van der Waals surface area contributed by atoms with E-state index in [0.717, 1.165) is 43.8 Å². The van der Waals surface area contributed by atoms with Gasteiger partial charge in [0.25, 0.3) is 11.8 Å². The van der Waals surface area contributed by atoms with Crippen molar-refractivity contribution in [1.82, 2.24) is 0 Å². The number of primary amides is 2. The van der Waals surface area contributed by atoms with E-state index in [1.54, 1.807) is 24.3 Å². The molecule has 8 heteroatoms. The largest absolute Gasteiger partial charge is 0.366 e. The minimum absolute atomic E-state index is 0.172. The summed E-state index contributed by atoms with van der Waals surface area (Å²) in [6.45, 7) is 25.5. The molecule has 4 amide bonds. The average molecular weight is 801 g/mol. The quantitative estimate of drug-likeness (QED) is 0.0980. The minimum Gasteiger partial charge on any atom is -0.366 e. The van der Waals surface area contributed by atoms with E-state index in [1.807, 2.05) is 24.3 Å². The number of nitrogens with two attached hydrogens (primary N) is 2. The minimum atomic E-state index is -0.688. The number of carbonyl (C=O) groups is 4. The Morgan fingerprint density at radius 1 is 0.383 bits per heavy atom. The number of nitrogens with one attached hydrogen (secondary N) is 2. The van der Waals surface area contributed by atoms with Gasteiger partial charge in [-0.15, -0.1) is 0 Å². The molecule has 0 aliphatic heterocycles. The van der Waals surface area contributed by atoms with Gasteiger partial charge in [0.05, 0.1) is 0 Å². The van der Waals surface area contributed by atoms with Crippen LogP contribution < -0.4 is 22.1 Å². The Morgan fingerprint density at radius 2 is 0.683 bits per heavy atom. The van der Waals surface area contributed by atoms with E-state index >= 15 is 9.59 Å². The molecule has 0 aliphatic rings. The molecule has 0 aromatic heterocycles. The van der Waals surface area contributed by atoms with E-state index in [0.29, 0.717) is 44.0 Å². The Bertz CT molecular complexity index is 2760. The van der Waals surface area contributed by atoms with Gasteiger partial charge in [-0.05, 0) is 113 Å². The Hall–Kier alpha value is -6.28. The fourth-order valence-corrected chi connectivity index (χ4v) is 8.59. The molecule has 7 aromatic carbocycles. The first-order valence-electron chi connectivity index (χ1n) is 20.5. The zero-order valence-corrected chi connectivity index (χ0v) is 36.9. The van der Waals surface area contributed by atoms with Crippen LogP contribution in [0, 0.1) is 0 Å². The second-order valence-electron chi connectivity index (χ2n) is 20.3. The lowest BCUT2D eigenvalue weighted by molar-refractivity contribution is 0.0996. The first kappa shape index (κ1) is 41.9. The Morgan fingerprint density at radius 3 is 0.967 bits per heavy atom. The van der Waals surface area contributed by atoms with Gasteiger partial charge < -0.3 is 22.1 Å². The van der Waals surface area contributed by atoms with Gasteiger partial charge in [0.1, 0.15) is 0 Å². The van der Waals surface area contributed by atoms with Crippen LogP contribution in [-0.2, 0) is 21.7 Å². The van der Waals surface area contributed by atoms with Crippen LogP contribution in [0.3, 0.4) is 0 Å². The maximum atomic E-state index is 15.0. The summed E-state index contributed by atoms with van der Waals surface area (Å²) in [5.74, 6) is -2.10. The Kier molecular flexibility index (Phi) is 9.90. The topological polar surface area (TPSA) is 144 Å². The fraction of sp³-hybridized carbons (Fsp3) is 0.308. The van der Waals surface area contributed by atoms with Crippen LogP contribution in [0.15, 0.2) is 84.9 Å². The third-order valence-electron chi connectivity index (χ3n) is 11.8. The van der Waals surface area contributed by atoms with Crippen molar-refractivity contribution in [1.29, 1.82) is 0 Å². The molecule has 0 saturated heterocycles. The van der Waals surface area contributed by atoms with Gasteiger partial charge in [0, 0.05) is 44.4 Å². The summed E-state index contributed by atoms with van der Waals surface area (Å²) in [5, 5.41) is 11.7. The normalized spacial score (nSPS) is 12.7. The number of anilines is 2. The molecule has 6 N–H and O–H groups in total. The van der Waals surface area contributed by atoms with E-state index < -0.39 is 11.8 Å². The predicted octanol–water partition coefficient (Wildman–Crippen LogP) is 11.6. The van der Waals surface area contributed by atoms with Gasteiger partial charge in [-0.3, -0.25) is 19.2 Å². The number of hydrogen-bond donors (Lipinski definition) is 4. The molecule has 0 fully saturated rings. The second-order valence-corrected chi connectivity index (χ2v) is 20.3. The molecule has 0 radical (unpaired) electrons. The fourth-order valence-electron chi connectivity index (χ4n) is 8.59. The predicted molar refractivity (Wildman–Crippen MR) is 248 cm³/mol. The molecular formula is C52H56N4O4. The molecule has 7 rings (SSSR count). The molecule has 0 spiro atoms. The van der Waals surface area contributed by atoms with E-state index in [1.165, 1.54) is 0 Å². The maximum absolute atomic E-state index is 15.0. The van der Waals surface area contributed by atoms with E-state index in [-0.39, 0.29) is 44.6 Å². The van der Waals surface area contributed by atoms with E-state index in [2.05, 4.69) is 130 Å². The lowest BCUT2D eigenvalue weighted by Gasteiger charge is -2.27. The number of carbonyl (C=O) groups excluding carboxylic acids is 4. The number of rotatable bonds is 6. The van der Waals surface area contributed by atoms with Gasteiger partial charge >= 0.3 is 0 Å². The number of hydrogen-bond acceptors (Lipinski definition) is 4. The SMILES string of the molecule is CC(C)(C)c1ccc(C(C)(C)C)c(NC(=O)c2ccc3c4ccc(C(N)=O)c5c(C(N)=O)ccc(c6ccc(C(=O)Nc7cc(C(C)(C)C)ccc7C(C)(C)C)c2c36)c54)c1. The molecule has 308 valence electrons. The molecular weight excluding hydrogens is 745 g/mol. The van der Waals surface area contributed by atoms with Gasteiger partial charge in [0.15, 0.2) is 0 Å². The van der Waals surface area contributed by atoms with Crippen LogP contribution in [0.25, 0.3) is 43.1 Å². The van der Waals surface area contributed by atoms with Crippen LogP contribution >= 0.6 is 0 Å². The summed E-state index contributed by atoms with van der Waals surface area (Å²) in [6, 6.07) is 26.6. The van der Waals surface area contributed by atoms with Crippen molar-refractivity contribution < 1.29 is 19.2 Å². The first-order chi connectivity index (χ1) is 27.8. The number of fused-ring (bicyclic) bond motifs is 2. The highest BCUT2D eigenvalue weighted by molar-refractivity contribution is 6.39. The molecule has 0 atom stereocenters. The van der Waals surface area contributed by atoms with Gasteiger partial charge in [-0.2, -0.15) is 0 Å². The van der Waals surface area contributed by atoms with Gasteiger partial charge in [-0.1, -0.05) is 132 Å². The van der Waals surface area contributed by atoms with Crippen LogP contribution in [-0.4, -0.2) is 23.6 Å². The van der Waals surface area contributed by atoms with Crippen LogP contribution in [0.4, 0.5) is 11.4 Å². The number of benzene rings is 7. The number of amides is 4. The summed E-state index contributed by atoms with van der Waals surface area (Å²) < 4.78 is 0. The Labute approximate surface area is 352 Å². The molecule has 0 heterocycles. The third-order valence-corrected chi connectivity index (χ3v) is 11.8. The maximum Gasteiger partial charge on any atom is 0.256 e. The van der Waals surface area contributed by atoms with Gasteiger partial charge in [0.2, 0.25) is 11.8 Å². The lowest BCUT2D eigenvalue weighted by atomic mass is 9.81. The molecule has 0 unspecified atom stereocenters. The van der Waals surface area contributed by atoms with Crippen molar-refractivity contribution in [2.24, 2.45) is 11.5 Å². The molecule has 60 heavy (non-hydrogen) atoms. The van der Waals surface area contributed by atoms with Crippen molar-refractivity contribution >= 4 is 78.1 Å². The summed E-state index contributed by atoms with van der Waals surface area (Å²) in [5.41, 5.74) is 17.3. The summed E-state index contributed by atoms with van der Waals surface area (Å²) in [6.07, 6.45) is 0. The molecule has 0 bridgehead atoms. The Balaban J connectivity index is 1.55. The third kappa shape index (κ3) is 7.22. The first-order valence-corrected chi connectivity index (χ1v) is 20.5. The van der Waals surface area contributed by atoms with Gasteiger partial charge in [-0.25, -0.2) is 0 Å². The summed E-state index contributed by atoms with van der Waals surface area (Å²) in [7, 11) is 0.